The van der Waals surface area contributed by atoms with Gasteiger partial charge in [0.15, 0.2) is 28.8 Å². The fourth-order valence-electron chi connectivity index (χ4n) is 9.10. The van der Waals surface area contributed by atoms with Gasteiger partial charge >= 0.3 is 11.9 Å². The van der Waals surface area contributed by atoms with Crippen LogP contribution in [-0.4, -0.2) is 53.2 Å². The van der Waals surface area contributed by atoms with Crippen LogP contribution < -0.4 is 45.4 Å². The first-order valence-corrected chi connectivity index (χ1v) is 37.5. The summed E-state index contributed by atoms with van der Waals surface area (Å²) in [6, 6.07) is 83.7. The molecule has 13 rings (SSSR count). The summed E-state index contributed by atoms with van der Waals surface area (Å²) >= 11 is 11.1. The third-order valence-corrected chi connectivity index (χ3v) is 15.8. The molecule has 0 aliphatic heterocycles. The van der Waals surface area contributed by atoms with Gasteiger partial charge in [-0.2, -0.15) is 0 Å². The van der Waals surface area contributed by atoms with E-state index in [1.54, 1.807) is 19.2 Å². The topological polar surface area (TPSA) is 335 Å². The number of terminal acetylenes is 2. The van der Waals surface area contributed by atoms with Gasteiger partial charge in [0.1, 0.15) is 87.9 Å². The van der Waals surface area contributed by atoms with E-state index in [0.29, 0.717) is 61.6 Å². The molecule has 24 heteroatoms. The van der Waals surface area contributed by atoms with E-state index in [9.17, 15) is 33.6 Å². The van der Waals surface area contributed by atoms with E-state index in [2.05, 4.69) is 51.4 Å². The first kappa shape index (κ1) is 100. The van der Waals surface area contributed by atoms with Crippen molar-refractivity contribution in [3.63, 3.8) is 0 Å². The molecular formula is C97H94Cl2N2O20. The van der Waals surface area contributed by atoms with Crippen molar-refractivity contribution in [3.8, 4) is 71.5 Å². The van der Waals surface area contributed by atoms with Crippen molar-refractivity contribution < 1.29 is 76.9 Å². The van der Waals surface area contributed by atoms with Crippen LogP contribution in [0.3, 0.4) is 0 Å². The number of carbonyl (C=O) groups is 3. The zero-order valence-electron chi connectivity index (χ0n) is 65.9. The van der Waals surface area contributed by atoms with Crippen LogP contribution in [0.15, 0.2) is 337 Å². The number of alkyl halides is 2. The van der Waals surface area contributed by atoms with Crippen LogP contribution in [-0.2, 0) is 64.4 Å². The Hall–Kier alpha value is -14.7. The van der Waals surface area contributed by atoms with Crippen molar-refractivity contribution in [2.75, 3.05) is 0 Å². The first-order valence-electron chi connectivity index (χ1n) is 36.4. The molecule has 0 aliphatic carbocycles. The van der Waals surface area contributed by atoms with Gasteiger partial charge in [-0.05, 0) is 71.7 Å². The highest BCUT2D eigenvalue weighted by Gasteiger charge is 2.16. The summed E-state index contributed by atoms with van der Waals surface area (Å²) in [5.74, 6) is 7.12. The van der Waals surface area contributed by atoms with E-state index in [1.165, 1.54) is 29.7 Å². The predicted molar refractivity (Wildman–Crippen MR) is 469 cm³/mol. The highest BCUT2D eigenvalue weighted by Crippen LogP contribution is 2.30. The van der Waals surface area contributed by atoms with E-state index in [1.807, 2.05) is 257 Å². The fraction of sp³-hybridized carbons (Fsp3) is 0.155. The molecule has 5 aromatic heterocycles. The second-order valence-electron chi connectivity index (χ2n) is 24.0. The smallest absolute Gasteiger partial charge is 0.371 e. The number of carbonyl (C=O) groups excluding carboxylic acids is 1. The number of hydrogen-bond acceptors (Lipinski definition) is 19. The van der Waals surface area contributed by atoms with Gasteiger partial charge < -0.3 is 67.5 Å². The highest BCUT2D eigenvalue weighted by molar-refractivity contribution is 6.17. The van der Waals surface area contributed by atoms with Crippen LogP contribution in [0.2, 0.25) is 0 Å². The van der Waals surface area contributed by atoms with E-state index >= 15 is 0 Å². The molecular weight excluding hydrogens is 1580 g/mol. The lowest BCUT2D eigenvalue weighted by Gasteiger charge is -2.14. The van der Waals surface area contributed by atoms with Crippen LogP contribution >= 0.6 is 23.2 Å². The molecule has 0 aliphatic rings. The quantitative estimate of drug-likeness (QED) is 0.0176. The Balaban J connectivity index is 0.000000375. The lowest BCUT2D eigenvalue weighted by Crippen LogP contribution is -2.12. The van der Waals surface area contributed by atoms with Gasteiger partial charge in [-0.25, -0.2) is 14.6 Å². The van der Waals surface area contributed by atoms with Gasteiger partial charge in [-0.3, -0.25) is 24.0 Å². The number of benzene rings is 8. The van der Waals surface area contributed by atoms with Crippen LogP contribution in [0.5, 0.6) is 34.5 Å². The Morgan fingerprint density at radius 3 is 1.07 bits per heavy atom. The number of pyridine rings is 2. The number of ether oxygens (including phenoxy) is 5. The van der Waals surface area contributed by atoms with Crippen molar-refractivity contribution in [3.05, 3.63) is 418 Å². The molecule has 0 unspecified atom stereocenters. The number of Topliss-reactive ketones (excluding diaryl/α,β-unsaturated/α-hetero) is 1. The number of nitrogens with one attached hydrogen (secondary N) is 1. The average Bonchev–Trinajstić information content (AvgIpc) is 0.852. The Morgan fingerprint density at radius 2 is 0.744 bits per heavy atom. The van der Waals surface area contributed by atoms with E-state index < -0.39 is 39.7 Å². The molecule has 8 aromatic carbocycles. The third kappa shape index (κ3) is 41.1. The molecule has 0 fully saturated rings. The highest BCUT2D eigenvalue weighted by atomic mass is 35.5. The van der Waals surface area contributed by atoms with Crippen LogP contribution in [0.25, 0.3) is 0 Å². The van der Waals surface area contributed by atoms with Crippen molar-refractivity contribution in [1.82, 2.24) is 9.97 Å². The summed E-state index contributed by atoms with van der Waals surface area (Å²) in [6.45, 7) is 6.22. The first-order chi connectivity index (χ1) is 58.3. The largest absolute Gasteiger partial charge is 0.502 e. The van der Waals surface area contributed by atoms with E-state index in [-0.39, 0.29) is 79.5 Å². The maximum atomic E-state index is 12.8. The number of halogens is 2. The number of aromatic hydroxyl groups is 1. The van der Waals surface area contributed by atoms with Gasteiger partial charge in [0.25, 0.3) is 0 Å². The Bertz CT molecular complexity index is 5310. The van der Waals surface area contributed by atoms with Crippen molar-refractivity contribution in [2.45, 2.75) is 99.0 Å². The van der Waals surface area contributed by atoms with Gasteiger partial charge in [0.2, 0.25) is 39.0 Å². The molecule has 0 spiro atoms. The molecule has 22 nitrogen and oxygen atoms in total. The summed E-state index contributed by atoms with van der Waals surface area (Å²) < 4.78 is 42.3. The minimum Gasteiger partial charge on any atom is -0.502 e. The number of ketones is 1. The molecule has 626 valence electrons. The standard InChI is InChI=1S/C28H25NO3.C13H11NO4.C13H10O5.C13H12O4.2C7H7Cl.C6H6O4.C4H6.C3H4.C2H2.CH4/c30-26(17-16-22-10-4-1-5-11-22)25-18-27(31-20-23-12-6-2-7-13-23)28(19-29-25)32-21-24-14-8-3-9-15-24;15-11-6-10(13(16)17)14-7-12(11)18-8-9-4-2-1-3-5-9;14-10-6-11(13(15)16)18-8-12(10)17-7-9-4-2-1-3-5-9;14-7-11-6-12(15)13(9-16-11)17-8-10-4-2-1-3-5-10;2*8-6-7-4-2-1-3-5-7;7-2-4-1-5(8)6(9)3-10-4;1-3-4-2;1-3-2;1-2;/h1-15,18-19H,16-17,20-21H2;1-7H,8H2,(H,14,15)(H,16,17);1-6,8H,7H2,(H,15,16);1-6,9,14H,7-8H2;2*1-5H,6H2;1,3,7,9H,2H2;1-2H3;1H,2H3;1-2H;1H4. The summed E-state index contributed by atoms with van der Waals surface area (Å²) in [4.78, 5) is 86.0. The predicted octanol–water partition coefficient (Wildman–Crippen LogP) is 18.6. The molecule has 121 heavy (non-hydrogen) atoms. The molecule has 0 atom stereocenters. The summed E-state index contributed by atoms with van der Waals surface area (Å²) in [6.07, 6.45) is 19.6. The summed E-state index contributed by atoms with van der Waals surface area (Å²) in [5.41, 5.74) is 6.77. The Labute approximate surface area is 712 Å². The maximum absolute atomic E-state index is 12.8. The molecule has 0 bridgehead atoms. The van der Waals surface area contributed by atoms with Crippen molar-refractivity contribution in [2.24, 2.45) is 0 Å². The number of aryl methyl sites for hydroxylation is 1. The number of rotatable bonds is 25. The number of aromatic nitrogens is 2. The molecule has 0 amide bonds. The Morgan fingerprint density at radius 1 is 0.421 bits per heavy atom. The number of H-pyrrole nitrogens is 1. The molecule has 6 N–H and O–H groups in total. The molecule has 0 radical (unpaired) electrons. The number of hydrogen-bond donors (Lipinski definition) is 6. The second kappa shape index (κ2) is 60.8. The second-order valence-corrected chi connectivity index (χ2v) is 24.5. The lowest BCUT2D eigenvalue weighted by molar-refractivity contribution is 0.0655. The van der Waals surface area contributed by atoms with E-state index in [4.69, 9.17) is 81.3 Å². The van der Waals surface area contributed by atoms with Crippen LogP contribution in [0.4, 0.5) is 0 Å². The SMILES string of the molecule is C.C#C.C#CC.CC#CC.ClCc1ccccc1.ClCc1ccccc1.O=C(CCc1ccccc1)c1cc(OCc2ccccc2)c(OCc2ccccc2)cn1.O=C(O)c1cc(=O)c(OCc2ccccc2)c[nH]1.O=C(O)c1cc(=O)c(OCc2ccccc2)co1.O=c1cc(CO)occ1O.O=c1cc(CO)occ1OCc1ccccc1. The molecule has 13 aromatic rings. The van der Waals surface area contributed by atoms with Crippen LogP contribution in [0, 0.1) is 37.0 Å². The zero-order chi connectivity index (χ0) is 87.3. The lowest BCUT2D eigenvalue weighted by atomic mass is 10.1. The summed E-state index contributed by atoms with van der Waals surface area (Å²) in [5, 5.41) is 43.2. The number of carboxylic acids is 2. The normalized spacial score (nSPS) is 9.39. The van der Waals surface area contributed by atoms with E-state index in [0.717, 1.165) is 64.1 Å². The minimum atomic E-state index is -1.29. The number of nitrogens with zero attached hydrogens (tertiary/aromatic N) is 1. The number of aromatic amines is 1. The fourth-order valence-corrected chi connectivity index (χ4v) is 9.46. The zero-order valence-corrected chi connectivity index (χ0v) is 67.5. The van der Waals surface area contributed by atoms with Gasteiger partial charge in [0.05, 0.1) is 6.20 Å². The average molecular weight is 1680 g/mol. The minimum absolute atomic E-state index is 0. The molecule has 0 saturated heterocycles. The number of aliphatic hydroxyl groups excluding tert-OH is 2. The van der Waals surface area contributed by atoms with Crippen molar-refractivity contribution in [1.29, 1.82) is 0 Å². The Kier molecular flexibility index (Phi) is 50.5. The molecule has 5 heterocycles. The van der Waals surface area contributed by atoms with Gasteiger partial charge in [-0.15, -0.1) is 60.2 Å². The number of aliphatic hydroxyl groups is 2. The monoisotopic (exact) mass is 1680 g/mol. The number of carboxylic acid groups (broad SMARTS) is 2. The third-order valence-electron chi connectivity index (χ3n) is 15.2. The van der Waals surface area contributed by atoms with Gasteiger partial charge in [-0.1, -0.05) is 250 Å². The maximum Gasteiger partial charge on any atom is 0.371 e. The van der Waals surface area contributed by atoms with Crippen LogP contribution in [0.1, 0.15) is 122 Å². The van der Waals surface area contributed by atoms with Gasteiger partial charge in [0, 0.05) is 54.7 Å². The number of aromatic carboxylic acids is 2. The van der Waals surface area contributed by atoms with Crippen molar-refractivity contribution >= 4 is 40.9 Å². The summed E-state index contributed by atoms with van der Waals surface area (Å²) in [7, 11) is 0. The molecule has 0 saturated carbocycles.